The number of carbonyl (C=O) groups excluding carboxylic acids is 2. The lowest BCUT2D eigenvalue weighted by atomic mass is 10.00. The van der Waals surface area contributed by atoms with Crippen LogP contribution in [0.15, 0.2) is 24.3 Å². The Balaban J connectivity index is 1.76. The van der Waals surface area contributed by atoms with Crippen molar-refractivity contribution in [1.29, 1.82) is 0 Å². The molecule has 2 amide bonds. The maximum atomic E-state index is 12.0. The quantitative estimate of drug-likeness (QED) is 0.835. The second-order valence-corrected chi connectivity index (χ2v) is 6.38. The van der Waals surface area contributed by atoms with Crippen molar-refractivity contribution in [3.05, 3.63) is 35.4 Å². The summed E-state index contributed by atoms with van der Waals surface area (Å²) in [7, 11) is 0. The number of hydrogen-bond donors (Lipinski definition) is 2. The van der Waals surface area contributed by atoms with E-state index in [-0.39, 0.29) is 17.7 Å². The molecular formula is C17H21F3N2O2. The molecule has 0 bridgehead atoms. The van der Waals surface area contributed by atoms with E-state index in [9.17, 15) is 22.8 Å². The van der Waals surface area contributed by atoms with Crippen LogP contribution >= 0.6 is 0 Å². The van der Waals surface area contributed by atoms with Crippen LogP contribution in [0.5, 0.6) is 0 Å². The summed E-state index contributed by atoms with van der Waals surface area (Å²) in [6.45, 7) is 2.37. The highest BCUT2D eigenvalue weighted by Gasteiger charge is 2.43. The summed E-state index contributed by atoms with van der Waals surface area (Å²) in [5.74, 6) is -0.809. The van der Waals surface area contributed by atoms with Crippen molar-refractivity contribution in [2.24, 2.45) is 5.92 Å². The van der Waals surface area contributed by atoms with Crippen LogP contribution in [-0.4, -0.2) is 31.1 Å². The third-order valence-electron chi connectivity index (χ3n) is 4.07. The largest absolute Gasteiger partial charge is 0.405 e. The highest BCUT2D eigenvalue weighted by molar-refractivity contribution is 5.87. The van der Waals surface area contributed by atoms with Crippen molar-refractivity contribution >= 4 is 11.8 Å². The summed E-state index contributed by atoms with van der Waals surface area (Å²) < 4.78 is 35.9. The minimum Gasteiger partial charge on any atom is -0.347 e. The van der Waals surface area contributed by atoms with E-state index in [1.165, 1.54) is 5.56 Å². The van der Waals surface area contributed by atoms with Gasteiger partial charge in [0.05, 0.1) is 6.54 Å². The lowest BCUT2D eigenvalue weighted by Crippen LogP contribution is -2.41. The Morgan fingerprint density at radius 2 is 1.79 bits per heavy atom. The lowest BCUT2D eigenvalue weighted by molar-refractivity contribution is -0.138. The Morgan fingerprint density at radius 1 is 1.17 bits per heavy atom. The zero-order valence-electron chi connectivity index (χ0n) is 13.6. The molecule has 7 heteroatoms. The molecule has 0 unspecified atom stereocenters. The second-order valence-electron chi connectivity index (χ2n) is 6.38. The van der Waals surface area contributed by atoms with E-state index in [0.717, 1.165) is 5.56 Å². The number of benzene rings is 1. The lowest BCUT2D eigenvalue weighted by Gasteiger charge is -2.09. The molecular weight excluding hydrogens is 321 g/mol. The normalized spacial score (nSPS) is 19.9. The first-order valence-corrected chi connectivity index (χ1v) is 7.88. The van der Waals surface area contributed by atoms with Gasteiger partial charge in [-0.25, -0.2) is 0 Å². The topological polar surface area (TPSA) is 58.2 Å². The predicted octanol–water partition coefficient (Wildman–Crippen LogP) is 2.71. The molecule has 24 heavy (non-hydrogen) atoms. The Labute approximate surface area is 138 Å². The van der Waals surface area contributed by atoms with Crippen LogP contribution in [0.2, 0.25) is 0 Å². The predicted molar refractivity (Wildman–Crippen MR) is 83.5 cm³/mol. The van der Waals surface area contributed by atoms with E-state index in [2.05, 4.69) is 19.2 Å². The van der Waals surface area contributed by atoms with Crippen molar-refractivity contribution in [3.8, 4) is 0 Å². The van der Waals surface area contributed by atoms with Gasteiger partial charge < -0.3 is 10.6 Å². The van der Waals surface area contributed by atoms with E-state index >= 15 is 0 Å². The molecule has 0 radical (unpaired) electrons. The van der Waals surface area contributed by atoms with E-state index in [1.807, 2.05) is 24.3 Å². The van der Waals surface area contributed by atoms with Gasteiger partial charge in [-0.05, 0) is 29.4 Å². The van der Waals surface area contributed by atoms with Crippen LogP contribution in [0.25, 0.3) is 0 Å². The zero-order valence-corrected chi connectivity index (χ0v) is 13.6. The van der Waals surface area contributed by atoms with E-state index in [4.69, 9.17) is 0 Å². The maximum Gasteiger partial charge on any atom is 0.405 e. The van der Waals surface area contributed by atoms with Crippen LogP contribution in [0, 0.1) is 5.92 Å². The van der Waals surface area contributed by atoms with Crippen LogP contribution in [0.3, 0.4) is 0 Å². The van der Waals surface area contributed by atoms with Gasteiger partial charge in [0.1, 0.15) is 6.54 Å². The maximum absolute atomic E-state index is 12.0. The van der Waals surface area contributed by atoms with Gasteiger partial charge in [-0.3, -0.25) is 9.59 Å². The van der Waals surface area contributed by atoms with Crippen LogP contribution < -0.4 is 10.6 Å². The van der Waals surface area contributed by atoms with Crippen molar-refractivity contribution in [2.45, 2.75) is 38.3 Å². The first kappa shape index (κ1) is 18.3. The minimum atomic E-state index is -4.45. The summed E-state index contributed by atoms with van der Waals surface area (Å²) in [5.41, 5.74) is 2.29. The number of nitrogens with one attached hydrogen (secondary N) is 2. The molecule has 1 saturated carbocycles. The summed E-state index contributed by atoms with van der Waals surface area (Å²) in [6, 6.07) is 8.09. The van der Waals surface area contributed by atoms with Crippen LogP contribution in [0.4, 0.5) is 13.2 Å². The molecule has 132 valence electrons. The average molecular weight is 342 g/mol. The highest BCUT2D eigenvalue weighted by atomic mass is 19.4. The van der Waals surface area contributed by atoms with Crippen molar-refractivity contribution in [1.82, 2.24) is 10.6 Å². The molecule has 2 atom stereocenters. The molecule has 1 aliphatic carbocycles. The van der Waals surface area contributed by atoms with Gasteiger partial charge in [-0.15, -0.1) is 0 Å². The molecule has 1 aliphatic rings. The molecule has 1 aromatic rings. The Hall–Kier alpha value is -2.05. The molecule has 1 aromatic carbocycles. The Morgan fingerprint density at radius 3 is 2.33 bits per heavy atom. The molecule has 4 nitrogen and oxygen atoms in total. The third kappa shape index (κ3) is 5.25. The summed E-state index contributed by atoms with van der Waals surface area (Å²) >= 11 is 0. The van der Waals surface area contributed by atoms with Crippen molar-refractivity contribution in [2.75, 3.05) is 13.1 Å². The Kier molecular flexibility index (Phi) is 5.51. The SMILES string of the molecule is CC(C)c1ccc([C@@H]2C[C@@H]2C(=O)NCC(=O)NCC(F)(F)F)cc1. The van der Waals surface area contributed by atoms with Gasteiger partial charge in [0.15, 0.2) is 0 Å². The van der Waals surface area contributed by atoms with Crippen LogP contribution in [0.1, 0.15) is 43.2 Å². The van der Waals surface area contributed by atoms with Gasteiger partial charge in [0.25, 0.3) is 0 Å². The first-order valence-electron chi connectivity index (χ1n) is 7.88. The van der Waals surface area contributed by atoms with Crippen molar-refractivity contribution < 1.29 is 22.8 Å². The molecule has 2 rings (SSSR count). The van der Waals surface area contributed by atoms with E-state index in [0.29, 0.717) is 12.3 Å². The van der Waals surface area contributed by atoms with E-state index < -0.39 is 25.2 Å². The average Bonchev–Trinajstić information content (AvgIpc) is 3.30. The van der Waals surface area contributed by atoms with Gasteiger partial charge in [-0.1, -0.05) is 38.1 Å². The number of amides is 2. The van der Waals surface area contributed by atoms with Gasteiger partial charge in [-0.2, -0.15) is 13.2 Å². The summed E-state index contributed by atoms with van der Waals surface area (Å²) in [4.78, 5) is 23.2. The number of carbonyl (C=O) groups is 2. The number of alkyl halides is 3. The first-order chi connectivity index (χ1) is 11.2. The molecule has 2 N–H and O–H groups in total. The molecule has 1 fully saturated rings. The van der Waals surface area contributed by atoms with Crippen LogP contribution in [-0.2, 0) is 9.59 Å². The molecule has 0 spiro atoms. The standard InChI is InChI=1S/C17H21F3N2O2/c1-10(2)11-3-5-12(6-4-11)13-7-14(13)16(24)21-8-15(23)22-9-17(18,19)20/h3-6,10,13-14H,7-9H2,1-2H3,(H,21,24)(H,22,23)/t13-,14-/m0/s1. The fraction of sp³-hybridized carbons (Fsp3) is 0.529. The van der Waals surface area contributed by atoms with Gasteiger partial charge in [0.2, 0.25) is 11.8 Å². The fourth-order valence-corrected chi connectivity index (χ4v) is 2.54. The number of rotatable bonds is 6. The second kappa shape index (κ2) is 7.23. The van der Waals surface area contributed by atoms with Gasteiger partial charge >= 0.3 is 6.18 Å². The molecule has 0 aliphatic heterocycles. The third-order valence-corrected chi connectivity index (χ3v) is 4.07. The monoisotopic (exact) mass is 342 g/mol. The molecule has 0 heterocycles. The smallest absolute Gasteiger partial charge is 0.347 e. The number of halogens is 3. The minimum absolute atomic E-state index is 0.115. The summed E-state index contributed by atoms with van der Waals surface area (Å²) in [5, 5.41) is 4.11. The zero-order chi connectivity index (χ0) is 17.9. The molecule has 0 aromatic heterocycles. The fourth-order valence-electron chi connectivity index (χ4n) is 2.54. The van der Waals surface area contributed by atoms with Crippen molar-refractivity contribution in [3.63, 3.8) is 0 Å². The number of hydrogen-bond acceptors (Lipinski definition) is 2. The molecule has 0 saturated heterocycles. The van der Waals surface area contributed by atoms with E-state index in [1.54, 1.807) is 5.32 Å². The highest BCUT2D eigenvalue weighted by Crippen LogP contribution is 2.47. The Bertz CT molecular complexity index is 597. The van der Waals surface area contributed by atoms with Gasteiger partial charge in [0, 0.05) is 5.92 Å². The summed E-state index contributed by atoms with van der Waals surface area (Å²) in [6.07, 6.45) is -3.76.